The summed E-state index contributed by atoms with van der Waals surface area (Å²) in [6.45, 7) is -0.0890. The Labute approximate surface area is 192 Å². The lowest BCUT2D eigenvalue weighted by Gasteiger charge is -2.36. The Kier molecular flexibility index (Phi) is 6.20. The van der Waals surface area contributed by atoms with Gasteiger partial charge in [-0.05, 0) is 55.0 Å². The second-order valence-electron chi connectivity index (χ2n) is 8.85. The van der Waals surface area contributed by atoms with Gasteiger partial charge in [-0.3, -0.25) is 9.59 Å². The molecule has 2 aromatic rings. The number of aliphatic hydroxyl groups excluding tert-OH is 1. The third kappa shape index (κ3) is 4.82. The van der Waals surface area contributed by atoms with Crippen LogP contribution in [0.4, 0.5) is 0 Å². The molecule has 3 atom stereocenters. The molecule has 1 aliphatic carbocycles. The fourth-order valence-corrected chi connectivity index (χ4v) is 4.89. The van der Waals surface area contributed by atoms with Crippen LogP contribution in [0.1, 0.15) is 40.7 Å². The first-order chi connectivity index (χ1) is 16.1. The third-order valence-corrected chi connectivity index (χ3v) is 6.58. The number of amides is 2. The van der Waals surface area contributed by atoms with Crippen molar-refractivity contribution >= 4 is 11.8 Å². The largest absolute Gasteiger partial charge is 0.454 e. The standard InChI is InChI=1S/C25H28N2O6/c28-13-23-20(27-25(30)17-5-8-21-22(11-17)32-14-31-21)7-6-19(33-23)12-24(29)26-18-9-15-3-1-2-4-16(15)10-18/h1-5,8,11,18-20,23,28H,6-7,9-10,12-14H2,(H,26,29)(H,27,30)/t19-,20-,23+/m0/s1. The van der Waals surface area contributed by atoms with Crippen LogP contribution in [-0.2, 0) is 22.4 Å². The van der Waals surface area contributed by atoms with Gasteiger partial charge < -0.3 is 30.0 Å². The van der Waals surface area contributed by atoms with Gasteiger partial charge in [-0.15, -0.1) is 0 Å². The highest BCUT2D eigenvalue weighted by Gasteiger charge is 2.34. The number of fused-ring (bicyclic) bond motifs is 2. The molecule has 174 valence electrons. The predicted octanol–water partition coefficient (Wildman–Crippen LogP) is 1.73. The lowest BCUT2D eigenvalue weighted by molar-refractivity contribution is -0.131. The van der Waals surface area contributed by atoms with E-state index in [1.165, 1.54) is 11.1 Å². The number of carbonyl (C=O) groups is 2. The lowest BCUT2D eigenvalue weighted by Crippen LogP contribution is -2.51. The monoisotopic (exact) mass is 452 g/mol. The van der Waals surface area contributed by atoms with Crippen LogP contribution in [0.15, 0.2) is 42.5 Å². The van der Waals surface area contributed by atoms with Crippen molar-refractivity contribution in [2.45, 2.75) is 56.4 Å². The Morgan fingerprint density at radius 2 is 1.73 bits per heavy atom. The van der Waals surface area contributed by atoms with E-state index in [9.17, 15) is 14.7 Å². The third-order valence-electron chi connectivity index (χ3n) is 6.58. The van der Waals surface area contributed by atoms with Gasteiger partial charge in [-0.1, -0.05) is 24.3 Å². The number of nitrogens with one attached hydrogen (secondary N) is 2. The molecule has 8 heteroatoms. The number of aliphatic hydroxyl groups is 1. The summed E-state index contributed by atoms with van der Waals surface area (Å²) >= 11 is 0. The molecule has 3 aliphatic rings. The van der Waals surface area contributed by atoms with Gasteiger partial charge in [-0.25, -0.2) is 0 Å². The number of benzene rings is 2. The summed E-state index contributed by atoms with van der Waals surface area (Å²) in [5.74, 6) is 0.843. The SMILES string of the molecule is O=C(C[C@@H]1CC[C@H](NC(=O)c2ccc3c(c2)OCO3)[C@@H](CO)O1)NC1Cc2ccccc2C1. The maximum atomic E-state index is 12.7. The fraction of sp³-hybridized carbons (Fsp3) is 0.440. The summed E-state index contributed by atoms with van der Waals surface area (Å²) < 4.78 is 16.6. The van der Waals surface area contributed by atoms with Crippen molar-refractivity contribution in [2.75, 3.05) is 13.4 Å². The molecule has 0 radical (unpaired) electrons. The molecule has 33 heavy (non-hydrogen) atoms. The van der Waals surface area contributed by atoms with Crippen molar-refractivity contribution in [1.82, 2.24) is 10.6 Å². The first-order valence-corrected chi connectivity index (χ1v) is 11.4. The highest BCUT2D eigenvalue weighted by Crippen LogP contribution is 2.32. The normalized spacial score (nSPS) is 23.7. The molecule has 1 saturated heterocycles. The summed E-state index contributed by atoms with van der Waals surface area (Å²) in [4.78, 5) is 25.3. The van der Waals surface area contributed by atoms with E-state index >= 15 is 0 Å². The Balaban J connectivity index is 1.12. The van der Waals surface area contributed by atoms with E-state index < -0.39 is 6.10 Å². The molecule has 5 rings (SSSR count). The molecule has 2 heterocycles. The van der Waals surface area contributed by atoms with Crippen molar-refractivity contribution < 1.29 is 28.9 Å². The van der Waals surface area contributed by atoms with E-state index in [0.29, 0.717) is 29.9 Å². The molecule has 1 fully saturated rings. The number of carbonyl (C=O) groups excluding carboxylic acids is 2. The van der Waals surface area contributed by atoms with Gasteiger partial charge in [0.15, 0.2) is 11.5 Å². The highest BCUT2D eigenvalue weighted by atomic mass is 16.7. The molecule has 0 bridgehead atoms. The van der Waals surface area contributed by atoms with Crippen molar-refractivity contribution in [2.24, 2.45) is 0 Å². The van der Waals surface area contributed by atoms with Gasteiger partial charge in [0.05, 0.1) is 25.2 Å². The zero-order chi connectivity index (χ0) is 22.8. The average molecular weight is 453 g/mol. The van der Waals surface area contributed by atoms with Crippen molar-refractivity contribution in [3.8, 4) is 11.5 Å². The zero-order valence-corrected chi connectivity index (χ0v) is 18.3. The van der Waals surface area contributed by atoms with Gasteiger partial charge >= 0.3 is 0 Å². The molecular weight excluding hydrogens is 424 g/mol. The Hall–Kier alpha value is -3.10. The minimum absolute atomic E-state index is 0.0441. The average Bonchev–Trinajstić information content (AvgIpc) is 3.45. The zero-order valence-electron chi connectivity index (χ0n) is 18.3. The lowest BCUT2D eigenvalue weighted by atomic mass is 9.96. The van der Waals surface area contributed by atoms with E-state index in [2.05, 4.69) is 22.8 Å². The Bertz CT molecular complexity index is 1020. The molecule has 8 nitrogen and oxygen atoms in total. The van der Waals surface area contributed by atoms with Gasteiger partial charge in [-0.2, -0.15) is 0 Å². The van der Waals surface area contributed by atoms with Crippen LogP contribution in [0.2, 0.25) is 0 Å². The van der Waals surface area contributed by atoms with Crippen LogP contribution < -0.4 is 20.1 Å². The molecule has 2 amide bonds. The van der Waals surface area contributed by atoms with E-state index in [-0.39, 0.29) is 49.8 Å². The van der Waals surface area contributed by atoms with E-state index in [4.69, 9.17) is 14.2 Å². The molecule has 0 aromatic heterocycles. The van der Waals surface area contributed by atoms with Crippen molar-refractivity contribution in [3.05, 3.63) is 59.2 Å². The van der Waals surface area contributed by atoms with Gasteiger partial charge in [0, 0.05) is 11.6 Å². The van der Waals surface area contributed by atoms with E-state index in [0.717, 1.165) is 12.8 Å². The van der Waals surface area contributed by atoms with Gasteiger partial charge in [0.2, 0.25) is 12.7 Å². The van der Waals surface area contributed by atoms with E-state index in [1.54, 1.807) is 18.2 Å². The molecule has 3 N–H and O–H groups in total. The molecule has 2 aliphatic heterocycles. The highest BCUT2D eigenvalue weighted by molar-refractivity contribution is 5.95. The number of rotatable bonds is 6. The van der Waals surface area contributed by atoms with Crippen LogP contribution >= 0.6 is 0 Å². The summed E-state index contributed by atoms with van der Waals surface area (Å²) in [5.41, 5.74) is 3.03. The summed E-state index contributed by atoms with van der Waals surface area (Å²) in [6.07, 6.45) is 2.33. The summed E-state index contributed by atoms with van der Waals surface area (Å²) in [5, 5.41) is 15.9. The number of ether oxygens (including phenoxy) is 3. The topological polar surface area (TPSA) is 106 Å². The summed E-state index contributed by atoms with van der Waals surface area (Å²) in [7, 11) is 0. The van der Waals surface area contributed by atoms with Crippen molar-refractivity contribution in [3.63, 3.8) is 0 Å². The molecular formula is C25H28N2O6. The molecule has 0 unspecified atom stereocenters. The minimum Gasteiger partial charge on any atom is -0.454 e. The Morgan fingerprint density at radius 1 is 0.970 bits per heavy atom. The second kappa shape index (κ2) is 9.41. The first-order valence-electron chi connectivity index (χ1n) is 11.4. The van der Waals surface area contributed by atoms with Crippen LogP contribution in [0.25, 0.3) is 0 Å². The minimum atomic E-state index is -0.565. The molecule has 0 spiro atoms. The number of hydrogen-bond acceptors (Lipinski definition) is 6. The molecule has 2 aromatic carbocycles. The van der Waals surface area contributed by atoms with Crippen LogP contribution in [0, 0.1) is 0 Å². The first kappa shape index (κ1) is 21.7. The molecule has 0 saturated carbocycles. The fourth-order valence-electron chi connectivity index (χ4n) is 4.89. The van der Waals surface area contributed by atoms with Crippen molar-refractivity contribution in [1.29, 1.82) is 0 Å². The van der Waals surface area contributed by atoms with Gasteiger partial charge in [0.1, 0.15) is 6.10 Å². The maximum Gasteiger partial charge on any atom is 0.251 e. The maximum absolute atomic E-state index is 12.7. The van der Waals surface area contributed by atoms with Crippen LogP contribution in [-0.4, -0.2) is 54.6 Å². The second-order valence-corrected chi connectivity index (χ2v) is 8.85. The predicted molar refractivity (Wildman–Crippen MR) is 119 cm³/mol. The van der Waals surface area contributed by atoms with E-state index in [1.807, 2.05) is 12.1 Å². The smallest absolute Gasteiger partial charge is 0.251 e. The summed E-state index contributed by atoms with van der Waals surface area (Å²) in [6, 6.07) is 13.1. The van der Waals surface area contributed by atoms with Gasteiger partial charge in [0.25, 0.3) is 5.91 Å². The van der Waals surface area contributed by atoms with Crippen LogP contribution in [0.3, 0.4) is 0 Å². The van der Waals surface area contributed by atoms with Crippen LogP contribution in [0.5, 0.6) is 11.5 Å². The number of hydrogen-bond donors (Lipinski definition) is 3. The Morgan fingerprint density at radius 3 is 2.48 bits per heavy atom. The quantitative estimate of drug-likeness (QED) is 0.617.